The van der Waals surface area contributed by atoms with E-state index in [9.17, 15) is 0 Å². The third-order valence-corrected chi connectivity index (χ3v) is 3.24. The number of nitrogens with zero attached hydrogens (tertiary/aromatic N) is 2. The molecule has 1 aromatic rings. The van der Waals surface area contributed by atoms with Crippen LogP contribution in [-0.4, -0.2) is 28.3 Å². The Kier molecular flexibility index (Phi) is 5.58. The van der Waals surface area contributed by atoms with E-state index in [-0.39, 0.29) is 0 Å². The Hall–Kier alpha value is 0.0700. The second kappa shape index (κ2) is 6.51. The van der Waals surface area contributed by atoms with Crippen LogP contribution in [0.3, 0.4) is 0 Å². The van der Waals surface area contributed by atoms with Crippen LogP contribution in [0.4, 0.5) is 0 Å². The summed E-state index contributed by atoms with van der Waals surface area (Å²) in [5.41, 5.74) is 1.90. The SMILES string of the molecule is CCN(CCCBr)Cc1cncs1. The number of aromatic nitrogens is 1. The molecule has 13 heavy (non-hydrogen) atoms. The van der Waals surface area contributed by atoms with Crippen LogP contribution in [0.2, 0.25) is 0 Å². The molecule has 0 fully saturated rings. The maximum absolute atomic E-state index is 4.07. The molecule has 0 aliphatic rings. The van der Waals surface area contributed by atoms with E-state index in [2.05, 4.69) is 32.7 Å². The fourth-order valence-corrected chi connectivity index (χ4v) is 2.06. The molecule has 0 atom stereocenters. The first-order valence-electron chi connectivity index (χ1n) is 4.52. The zero-order valence-electron chi connectivity index (χ0n) is 7.87. The van der Waals surface area contributed by atoms with Crippen LogP contribution in [0, 0.1) is 0 Å². The van der Waals surface area contributed by atoms with Crippen LogP contribution in [0.1, 0.15) is 18.2 Å². The minimum Gasteiger partial charge on any atom is -0.298 e. The van der Waals surface area contributed by atoms with Crippen molar-refractivity contribution in [2.75, 3.05) is 18.4 Å². The molecule has 0 radical (unpaired) electrons. The predicted molar refractivity (Wildman–Crippen MR) is 61.5 cm³/mol. The van der Waals surface area contributed by atoms with E-state index in [4.69, 9.17) is 0 Å². The van der Waals surface area contributed by atoms with Crippen molar-refractivity contribution >= 4 is 27.3 Å². The second-order valence-corrected chi connectivity index (χ2v) is 4.64. The molecular weight excluding hydrogens is 248 g/mol. The van der Waals surface area contributed by atoms with E-state index in [1.165, 1.54) is 17.8 Å². The van der Waals surface area contributed by atoms with Gasteiger partial charge < -0.3 is 0 Å². The fourth-order valence-electron chi connectivity index (χ4n) is 1.17. The molecule has 0 aliphatic carbocycles. The lowest BCUT2D eigenvalue weighted by Crippen LogP contribution is -2.23. The number of hydrogen-bond acceptors (Lipinski definition) is 3. The van der Waals surface area contributed by atoms with Crippen molar-refractivity contribution in [1.82, 2.24) is 9.88 Å². The van der Waals surface area contributed by atoms with Crippen LogP contribution in [-0.2, 0) is 6.54 Å². The van der Waals surface area contributed by atoms with Gasteiger partial charge in [0.25, 0.3) is 0 Å². The van der Waals surface area contributed by atoms with Gasteiger partial charge >= 0.3 is 0 Å². The molecule has 1 heterocycles. The first-order chi connectivity index (χ1) is 6.36. The van der Waals surface area contributed by atoms with Gasteiger partial charge in [0.1, 0.15) is 0 Å². The van der Waals surface area contributed by atoms with Gasteiger partial charge in [0, 0.05) is 22.9 Å². The van der Waals surface area contributed by atoms with Crippen LogP contribution in [0.5, 0.6) is 0 Å². The van der Waals surface area contributed by atoms with Gasteiger partial charge in [0.2, 0.25) is 0 Å². The molecule has 4 heteroatoms. The lowest BCUT2D eigenvalue weighted by molar-refractivity contribution is 0.284. The van der Waals surface area contributed by atoms with Crippen LogP contribution < -0.4 is 0 Å². The molecule has 0 bridgehead atoms. The molecule has 0 aliphatic heterocycles. The second-order valence-electron chi connectivity index (χ2n) is 2.88. The molecule has 0 saturated carbocycles. The summed E-state index contributed by atoms with van der Waals surface area (Å²) < 4.78 is 0. The zero-order chi connectivity index (χ0) is 9.52. The summed E-state index contributed by atoms with van der Waals surface area (Å²) in [4.78, 5) is 7.87. The van der Waals surface area contributed by atoms with Crippen molar-refractivity contribution in [2.24, 2.45) is 0 Å². The van der Waals surface area contributed by atoms with Crippen LogP contribution >= 0.6 is 27.3 Å². The molecule has 0 N–H and O–H groups in total. The third kappa shape index (κ3) is 4.20. The highest BCUT2D eigenvalue weighted by Crippen LogP contribution is 2.09. The number of hydrogen-bond donors (Lipinski definition) is 0. The Morgan fingerprint density at radius 2 is 2.46 bits per heavy atom. The highest BCUT2D eigenvalue weighted by atomic mass is 79.9. The minimum atomic E-state index is 1.05. The van der Waals surface area contributed by atoms with E-state index in [1.807, 2.05) is 11.7 Å². The van der Waals surface area contributed by atoms with Crippen molar-refractivity contribution < 1.29 is 0 Å². The Morgan fingerprint density at radius 1 is 1.62 bits per heavy atom. The van der Waals surface area contributed by atoms with Gasteiger partial charge in [0.15, 0.2) is 0 Å². The molecule has 0 unspecified atom stereocenters. The highest BCUT2D eigenvalue weighted by Gasteiger charge is 2.03. The molecule has 1 aromatic heterocycles. The summed E-state index contributed by atoms with van der Waals surface area (Å²) in [6.45, 7) is 5.54. The number of alkyl halides is 1. The number of halogens is 1. The van der Waals surface area contributed by atoms with E-state index >= 15 is 0 Å². The van der Waals surface area contributed by atoms with Crippen molar-refractivity contribution in [1.29, 1.82) is 0 Å². The first-order valence-corrected chi connectivity index (χ1v) is 6.52. The maximum Gasteiger partial charge on any atom is 0.0794 e. The quantitative estimate of drug-likeness (QED) is 0.734. The topological polar surface area (TPSA) is 16.1 Å². The van der Waals surface area contributed by atoms with E-state index in [0.717, 1.165) is 18.4 Å². The summed E-state index contributed by atoms with van der Waals surface area (Å²) >= 11 is 5.18. The molecule has 0 saturated heterocycles. The largest absolute Gasteiger partial charge is 0.298 e. The smallest absolute Gasteiger partial charge is 0.0794 e. The van der Waals surface area contributed by atoms with Gasteiger partial charge in [-0.05, 0) is 19.5 Å². The van der Waals surface area contributed by atoms with Crippen LogP contribution in [0.25, 0.3) is 0 Å². The van der Waals surface area contributed by atoms with Crippen molar-refractivity contribution in [3.63, 3.8) is 0 Å². The monoisotopic (exact) mass is 262 g/mol. The fraction of sp³-hybridized carbons (Fsp3) is 0.667. The molecular formula is C9H15BrN2S. The minimum absolute atomic E-state index is 1.05. The standard InChI is InChI=1S/C9H15BrN2S/c1-2-12(5-3-4-10)7-9-6-11-8-13-9/h6,8H,2-5,7H2,1H3. The van der Waals surface area contributed by atoms with Crippen molar-refractivity contribution in [3.05, 3.63) is 16.6 Å². The molecule has 1 rings (SSSR count). The summed E-state index contributed by atoms with van der Waals surface area (Å²) in [6.07, 6.45) is 3.17. The zero-order valence-corrected chi connectivity index (χ0v) is 10.3. The molecule has 2 nitrogen and oxygen atoms in total. The van der Waals surface area contributed by atoms with Gasteiger partial charge in [-0.15, -0.1) is 11.3 Å². The number of rotatable bonds is 6. The Bertz CT molecular complexity index is 213. The van der Waals surface area contributed by atoms with Crippen molar-refractivity contribution in [3.8, 4) is 0 Å². The summed E-state index contributed by atoms with van der Waals surface area (Å²) in [6, 6.07) is 0. The summed E-state index contributed by atoms with van der Waals surface area (Å²) in [5.74, 6) is 0. The Morgan fingerprint density at radius 3 is 3.00 bits per heavy atom. The van der Waals surface area contributed by atoms with Gasteiger partial charge in [-0.2, -0.15) is 0 Å². The van der Waals surface area contributed by atoms with E-state index in [0.29, 0.717) is 0 Å². The normalized spacial score (nSPS) is 11.0. The predicted octanol–water partition coefficient (Wildman–Crippen LogP) is 2.75. The summed E-state index contributed by atoms with van der Waals surface area (Å²) in [5, 5.41) is 1.09. The van der Waals surface area contributed by atoms with E-state index in [1.54, 1.807) is 11.3 Å². The maximum atomic E-state index is 4.07. The summed E-state index contributed by atoms with van der Waals surface area (Å²) in [7, 11) is 0. The third-order valence-electron chi connectivity index (χ3n) is 1.92. The van der Waals surface area contributed by atoms with Crippen molar-refractivity contribution in [2.45, 2.75) is 19.9 Å². The number of thiazole rings is 1. The van der Waals surface area contributed by atoms with Gasteiger partial charge in [-0.3, -0.25) is 9.88 Å². The molecule has 0 aromatic carbocycles. The van der Waals surface area contributed by atoms with Gasteiger partial charge in [-0.25, -0.2) is 0 Å². The highest BCUT2D eigenvalue weighted by molar-refractivity contribution is 9.09. The average Bonchev–Trinajstić information content (AvgIpc) is 2.64. The van der Waals surface area contributed by atoms with E-state index < -0.39 is 0 Å². The van der Waals surface area contributed by atoms with Gasteiger partial charge in [0.05, 0.1) is 5.51 Å². The Labute approximate surface area is 92.1 Å². The van der Waals surface area contributed by atoms with Crippen LogP contribution in [0.15, 0.2) is 11.7 Å². The van der Waals surface area contributed by atoms with Gasteiger partial charge in [-0.1, -0.05) is 22.9 Å². The molecule has 74 valence electrons. The lowest BCUT2D eigenvalue weighted by atomic mass is 10.4. The Balaban J connectivity index is 2.31. The lowest BCUT2D eigenvalue weighted by Gasteiger charge is -2.18. The molecule has 0 spiro atoms. The average molecular weight is 263 g/mol. The molecule has 0 amide bonds. The first kappa shape index (κ1) is 11.1.